The summed E-state index contributed by atoms with van der Waals surface area (Å²) in [6.07, 6.45) is 2.92. The number of nitrogens with zero attached hydrogens (tertiary/aromatic N) is 2. The summed E-state index contributed by atoms with van der Waals surface area (Å²) in [7, 11) is 1.19. The van der Waals surface area contributed by atoms with Crippen molar-refractivity contribution in [2.75, 3.05) is 13.7 Å². The van der Waals surface area contributed by atoms with Crippen molar-refractivity contribution in [1.82, 2.24) is 4.98 Å². The zero-order chi connectivity index (χ0) is 15.0. The molecule has 0 fully saturated rings. The molecule has 0 aliphatic carbocycles. The molecular weight excluding hydrogens is 264 g/mol. The number of ether oxygens (including phenoxy) is 2. The predicted octanol–water partition coefficient (Wildman–Crippen LogP) is 2.09. The number of unbranched alkanes of at least 4 members (excludes halogenated alkanes) is 1. The summed E-state index contributed by atoms with van der Waals surface area (Å²) in [5, 5.41) is 2.71. The van der Waals surface area contributed by atoms with E-state index in [0.717, 1.165) is 12.8 Å². The fourth-order valence-electron chi connectivity index (χ4n) is 1.47. The Hall–Kier alpha value is -2.31. The lowest BCUT2D eigenvalue weighted by Gasteiger charge is -2.08. The Balaban J connectivity index is 3.01. The third-order valence-corrected chi connectivity index (χ3v) is 2.52. The maximum atomic E-state index is 11.9. The van der Waals surface area contributed by atoms with Gasteiger partial charge in [0.25, 0.3) is 0 Å². The molecular formula is C13H16N2O5. The fourth-order valence-corrected chi connectivity index (χ4v) is 1.47. The summed E-state index contributed by atoms with van der Waals surface area (Å²) in [6, 6.07) is 1.36. The summed E-state index contributed by atoms with van der Waals surface area (Å²) < 4.78 is 9.60. The molecule has 7 nitrogen and oxygen atoms in total. The highest BCUT2D eigenvalue weighted by molar-refractivity contribution is 6.01. The van der Waals surface area contributed by atoms with Gasteiger partial charge in [-0.2, -0.15) is 4.91 Å². The van der Waals surface area contributed by atoms with E-state index in [9.17, 15) is 14.5 Å². The molecule has 1 aromatic rings. The Morgan fingerprint density at radius 3 is 2.70 bits per heavy atom. The van der Waals surface area contributed by atoms with Crippen LogP contribution in [-0.4, -0.2) is 30.6 Å². The van der Waals surface area contributed by atoms with E-state index in [2.05, 4.69) is 14.9 Å². The van der Waals surface area contributed by atoms with E-state index in [0.29, 0.717) is 5.56 Å². The maximum absolute atomic E-state index is 11.9. The monoisotopic (exact) mass is 280 g/mol. The Morgan fingerprint density at radius 2 is 2.10 bits per heavy atom. The van der Waals surface area contributed by atoms with E-state index in [1.54, 1.807) is 0 Å². The third-order valence-electron chi connectivity index (χ3n) is 2.52. The van der Waals surface area contributed by atoms with Crippen molar-refractivity contribution in [2.45, 2.75) is 26.3 Å². The van der Waals surface area contributed by atoms with Crippen LogP contribution in [0.5, 0.6) is 0 Å². The second-order valence-electron chi connectivity index (χ2n) is 4.01. The zero-order valence-electron chi connectivity index (χ0n) is 11.4. The summed E-state index contributed by atoms with van der Waals surface area (Å²) in [5.41, 5.74) is 0.267. The van der Waals surface area contributed by atoms with Gasteiger partial charge in [-0.1, -0.05) is 18.5 Å². The number of aromatic nitrogens is 1. The molecule has 0 atom stereocenters. The second kappa shape index (κ2) is 7.98. The normalized spacial score (nSPS) is 9.90. The van der Waals surface area contributed by atoms with E-state index in [-0.39, 0.29) is 24.4 Å². The molecule has 0 aliphatic heterocycles. The Kier molecular flexibility index (Phi) is 6.28. The van der Waals surface area contributed by atoms with E-state index in [1.165, 1.54) is 19.4 Å². The molecule has 1 aromatic heterocycles. The van der Waals surface area contributed by atoms with Crippen LogP contribution in [0, 0.1) is 4.91 Å². The van der Waals surface area contributed by atoms with Crippen LogP contribution in [0.25, 0.3) is 0 Å². The number of esters is 2. The molecule has 0 saturated carbocycles. The molecule has 1 rings (SSSR count). The van der Waals surface area contributed by atoms with Crippen molar-refractivity contribution in [1.29, 1.82) is 0 Å². The van der Waals surface area contributed by atoms with Crippen molar-refractivity contribution in [3.63, 3.8) is 0 Å². The number of nitroso groups, excluding NO2 is 1. The average molecular weight is 280 g/mol. The van der Waals surface area contributed by atoms with Crippen LogP contribution >= 0.6 is 0 Å². The summed E-state index contributed by atoms with van der Waals surface area (Å²) >= 11 is 0. The standard InChI is InChI=1S/C13H16N2O5/c1-3-4-5-20-13(17)11-10(12(16)19-2)6-9(7-14-11)8-15-18/h6-7H,3-5,8H2,1-2H3. The lowest BCUT2D eigenvalue weighted by Crippen LogP contribution is -2.16. The molecule has 20 heavy (non-hydrogen) atoms. The first-order chi connectivity index (χ1) is 9.63. The Morgan fingerprint density at radius 1 is 1.35 bits per heavy atom. The van der Waals surface area contributed by atoms with E-state index >= 15 is 0 Å². The van der Waals surface area contributed by atoms with Crippen LogP contribution in [0.15, 0.2) is 17.4 Å². The highest BCUT2D eigenvalue weighted by Gasteiger charge is 2.21. The minimum Gasteiger partial charge on any atom is -0.465 e. The highest BCUT2D eigenvalue weighted by Crippen LogP contribution is 2.13. The largest absolute Gasteiger partial charge is 0.465 e. The summed E-state index contributed by atoms with van der Waals surface area (Å²) in [5.74, 6) is -1.41. The molecule has 0 unspecified atom stereocenters. The first-order valence-corrected chi connectivity index (χ1v) is 6.17. The molecule has 0 spiro atoms. The first-order valence-electron chi connectivity index (χ1n) is 6.17. The van der Waals surface area contributed by atoms with Crippen molar-refractivity contribution < 1.29 is 19.1 Å². The molecule has 7 heteroatoms. The summed E-state index contributed by atoms with van der Waals surface area (Å²) in [4.78, 5) is 37.6. The van der Waals surface area contributed by atoms with Crippen molar-refractivity contribution in [2.24, 2.45) is 5.18 Å². The van der Waals surface area contributed by atoms with Gasteiger partial charge in [0.2, 0.25) is 0 Å². The topological polar surface area (TPSA) is 94.9 Å². The van der Waals surface area contributed by atoms with E-state index in [4.69, 9.17) is 4.74 Å². The molecule has 1 heterocycles. The molecule has 0 amide bonds. The van der Waals surface area contributed by atoms with Crippen LogP contribution in [0.4, 0.5) is 0 Å². The number of carbonyl (C=O) groups is 2. The Labute approximate surface area is 116 Å². The molecule has 0 aliphatic rings. The number of methoxy groups -OCH3 is 1. The van der Waals surface area contributed by atoms with E-state index in [1.807, 2.05) is 6.92 Å². The average Bonchev–Trinajstić information content (AvgIpc) is 2.46. The predicted molar refractivity (Wildman–Crippen MR) is 70.3 cm³/mol. The Bertz CT molecular complexity index is 502. The lowest BCUT2D eigenvalue weighted by atomic mass is 10.1. The van der Waals surface area contributed by atoms with Gasteiger partial charge in [0.15, 0.2) is 5.69 Å². The minimum absolute atomic E-state index is 0.0323. The SMILES string of the molecule is CCCCOC(=O)c1ncc(CN=O)cc1C(=O)OC. The first kappa shape index (κ1) is 15.7. The lowest BCUT2D eigenvalue weighted by molar-refractivity contribution is 0.0474. The van der Waals surface area contributed by atoms with Gasteiger partial charge in [0.1, 0.15) is 6.54 Å². The van der Waals surface area contributed by atoms with Crippen LogP contribution in [0.3, 0.4) is 0 Å². The zero-order valence-corrected chi connectivity index (χ0v) is 11.4. The minimum atomic E-state index is -0.715. The van der Waals surface area contributed by atoms with Crippen molar-refractivity contribution >= 4 is 11.9 Å². The van der Waals surface area contributed by atoms with E-state index < -0.39 is 11.9 Å². The van der Waals surface area contributed by atoms with Gasteiger partial charge in [-0.3, -0.25) is 0 Å². The van der Waals surface area contributed by atoms with Crippen LogP contribution < -0.4 is 0 Å². The molecule has 0 radical (unpaired) electrons. The van der Waals surface area contributed by atoms with Gasteiger partial charge in [0, 0.05) is 6.20 Å². The fraction of sp³-hybridized carbons (Fsp3) is 0.462. The number of hydrogen-bond donors (Lipinski definition) is 0. The number of rotatable bonds is 7. The number of carbonyl (C=O) groups excluding carboxylic acids is 2. The quantitative estimate of drug-likeness (QED) is 0.431. The number of hydrogen-bond acceptors (Lipinski definition) is 7. The molecule has 0 aromatic carbocycles. The second-order valence-corrected chi connectivity index (χ2v) is 4.01. The maximum Gasteiger partial charge on any atom is 0.357 e. The van der Waals surface area contributed by atoms with Crippen LogP contribution in [0.2, 0.25) is 0 Å². The van der Waals surface area contributed by atoms with Gasteiger partial charge < -0.3 is 9.47 Å². The van der Waals surface area contributed by atoms with Gasteiger partial charge in [0.05, 0.1) is 19.3 Å². The van der Waals surface area contributed by atoms with Gasteiger partial charge in [-0.25, -0.2) is 14.6 Å². The van der Waals surface area contributed by atoms with Crippen molar-refractivity contribution in [3.05, 3.63) is 34.0 Å². The van der Waals surface area contributed by atoms with Crippen LogP contribution in [0.1, 0.15) is 46.2 Å². The highest BCUT2D eigenvalue weighted by atomic mass is 16.5. The third kappa shape index (κ3) is 4.11. The molecule has 0 saturated heterocycles. The smallest absolute Gasteiger partial charge is 0.357 e. The molecule has 0 bridgehead atoms. The van der Waals surface area contributed by atoms with Crippen molar-refractivity contribution in [3.8, 4) is 0 Å². The van der Waals surface area contributed by atoms with Gasteiger partial charge >= 0.3 is 11.9 Å². The number of pyridine rings is 1. The molecule has 0 N–H and O–H groups in total. The summed E-state index contributed by atoms with van der Waals surface area (Å²) in [6.45, 7) is 2.09. The van der Waals surface area contributed by atoms with Gasteiger partial charge in [-0.05, 0) is 18.1 Å². The molecule has 108 valence electrons. The van der Waals surface area contributed by atoms with Gasteiger partial charge in [-0.15, -0.1) is 0 Å². The van der Waals surface area contributed by atoms with Crippen LogP contribution in [-0.2, 0) is 16.0 Å².